The van der Waals surface area contributed by atoms with E-state index in [4.69, 9.17) is 11.6 Å². The van der Waals surface area contributed by atoms with Crippen LogP contribution < -0.4 is 16.1 Å². The van der Waals surface area contributed by atoms with E-state index in [1.807, 2.05) is 0 Å². The average Bonchev–Trinajstić information content (AvgIpc) is 2.53. The van der Waals surface area contributed by atoms with E-state index < -0.39 is 4.92 Å². The summed E-state index contributed by atoms with van der Waals surface area (Å²) in [5.41, 5.74) is 5.24. The number of rotatable bonds is 1. The maximum atomic E-state index is 10.7. The lowest BCUT2D eigenvalue weighted by Crippen LogP contribution is -2.32. The Morgan fingerprint density at radius 3 is 2.93 bits per heavy atom. The first-order valence-corrected chi connectivity index (χ1v) is 4.86. The minimum atomic E-state index is -0.595. The van der Waals surface area contributed by atoms with Crippen molar-refractivity contribution < 1.29 is 10.1 Å². The SMILES string of the molecule is O=[N+]([O-])c1cc2c(c(Cl)c1Br)NNN2O. The monoisotopic (exact) mass is 294 g/mol. The van der Waals surface area contributed by atoms with Gasteiger partial charge in [-0.3, -0.25) is 20.7 Å². The minimum Gasteiger partial charge on any atom is -0.298 e. The summed E-state index contributed by atoms with van der Waals surface area (Å²) in [6, 6.07) is 1.19. The van der Waals surface area contributed by atoms with Gasteiger partial charge in [0, 0.05) is 6.07 Å². The first kappa shape index (κ1) is 10.4. The van der Waals surface area contributed by atoms with Gasteiger partial charge in [-0.25, -0.2) is 0 Å². The van der Waals surface area contributed by atoms with Crippen molar-refractivity contribution in [3.05, 3.63) is 25.7 Å². The van der Waals surface area contributed by atoms with Crippen molar-refractivity contribution in [2.75, 3.05) is 10.6 Å². The number of halogens is 2. The molecule has 7 nitrogen and oxygen atoms in total. The highest BCUT2D eigenvalue weighted by Crippen LogP contribution is 2.44. The number of hydrogen-bond donors (Lipinski definition) is 3. The Balaban J connectivity index is 2.68. The lowest BCUT2D eigenvalue weighted by Gasteiger charge is -2.07. The van der Waals surface area contributed by atoms with Gasteiger partial charge in [0.1, 0.15) is 10.2 Å². The topological polar surface area (TPSA) is 90.7 Å². The second-order valence-corrected chi connectivity index (χ2v) is 3.89. The molecule has 1 heterocycles. The zero-order valence-corrected chi connectivity index (χ0v) is 9.33. The van der Waals surface area contributed by atoms with Crippen LogP contribution in [-0.4, -0.2) is 10.1 Å². The normalized spacial score (nSPS) is 13.7. The third kappa shape index (κ3) is 1.51. The molecular weight excluding hydrogens is 291 g/mol. The molecule has 0 bridgehead atoms. The largest absolute Gasteiger partial charge is 0.298 e. The number of benzene rings is 1. The number of hydrogen-bond acceptors (Lipinski definition) is 6. The number of nitrogens with one attached hydrogen (secondary N) is 2. The van der Waals surface area contributed by atoms with Crippen LogP contribution in [-0.2, 0) is 0 Å². The van der Waals surface area contributed by atoms with Crippen LogP contribution in [0.3, 0.4) is 0 Å². The Morgan fingerprint density at radius 1 is 1.67 bits per heavy atom. The molecule has 80 valence electrons. The zero-order valence-electron chi connectivity index (χ0n) is 6.99. The second-order valence-electron chi connectivity index (χ2n) is 2.72. The Kier molecular flexibility index (Phi) is 2.43. The highest BCUT2D eigenvalue weighted by atomic mass is 79.9. The lowest BCUT2D eigenvalue weighted by molar-refractivity contribution is -0.385. The van der Waals surface area contributed by atoms with Crippen molar-refractivity contribution in [2.45, 2.75) is 0 Å². The van der Waals surface area contributed by atoms with Gasteiger partial charge in [0.15, 0.2) is 0 Å². The first-order chi connectivity index (χ1) is 7.02. The summed E-state index contributed by atoms with van der Waals surface area (Å²) in [6.45, 7) is 0. The van der Waals surface area contributed by atoms with Gasteiger partial charge >= 0.3 is 0 Å². The molecule has 0 saturated heterocycles. The van der Waals surface area contributed by atoms with Gasteiger partial charge in [-0.15, -0.1) is 5.53 Å². The Labute approximate surface area is 96.8 Å². The van der Waals surface area contributed by atoms with Crippen molar-refractivity contribution in [2.24, 2.45) is 0 Å². The molecule has 2 rings (SSSR count). The smallest absolute Gasteiger partial charge is 0.287 e. The van der Waals surface area contributed by atoms with Gasteiger partial charge in [0.05, 0.1) is 15.6 Å². The van der Waals surface area contributed by atoms with Gasteiger partial charge < -0.3 is 0 Å². The Bertz CT molecular complexity index is 454. The van der Waals surface area contributed by atoms with Crippen LogP contribution >= 0.6 is 27.5 Å². The van der Waals surface area contributed by atoms with Gasteiger partial charge in [-0.2, -0.15) is 5.17 Å². The fourth-order valence-corrected chi connectivity index (χ4v) is 1.89. The summed E-state index contributed by atoms with van der Waals surface area (Å²) >= 11 is 8.87. The number of hydrazine groups is 2. The molecule has 0 amide bonds. The van der Waals surface area contributed by atoms with Crippen LogP contribution in [0.15, 0.2) is 10.5 Å². The summed E-state index contributed by atoms with van der Waals surface area (Å²) in [5, 5.41) is 20.7. The number of nitrogens with zero attached hydrogens (tertiary/aromatic N) is 2. The molecule has 1 aliphatic heterocycles. The maximum absolute atomic E-state index is 10.7. The molecule has 0 aromatic heterocycles. The summed E-state index contributed by atoms with van der Waals surface area (Å²) in [5.74, 6) is 0. The van der Waals surface area contributed by atoms with Crippen LogP contribution in [0.25, 0.3) is 0 Å². The molecular formula is C6H4BrClN4O3. The number of nitro benzene ring substituents is 1. The maximum Gasteiger partial charge on any atom is 0.287 e. The summed E-state index contributed by atoms with van der Waals surface area (Å²) < 4.78 is 0.164. The van der Waals surface area contributed by atoms with Crippen molar-refractivity contribution >= 4 is 44.6 Å². The fraction of sp³-hybridized carbons (Fsp3) is 0. The van der Waals surface area contributed by atoms with Crippen molar-refractivity contribution in [3.63, 3.8) is 0 Å². The number of fused-ring (bicyclic) bond motifs is 1. The van der Waals surface area contributed by atoms with Crippen LogP contribution in [0, 0.1) is 10.1 Å². The third-order valence-electron chi connectivity index (χ3n) is 1.88. The van der Waals surface area contributed by atoms with Gasteiger partial charge in [0.2, 0.25) is 0 Å². The number of anilines is 2. The highest BCUT2D eigenvalue weighted by molar-refractivity contribution is 9.10. The third-order valence-corrected chi connectivity index (χ3v) is 3.29. The molecule has 1 aromatic rings. The van der Waals surface area contributed by atoms with E-state index in [0.29, 0.717) is 10.9 Å². The van der Waals surface area contributed by atoms with Crippen LogP contribution in [0.5, 0.6) is 0 Å². The van der Waals surface area contributed by atoms with Crippen LogP contribution in [0.2, 0.25) is 5.02 Å². The molecule has 0 fully saturated rings. The van der Waals surface area contributed by atoms with E-state index in [1.165, 1.54) is 6.07 Å². The van der Waals surface area contributed by atoms with E-state index in [0.717, 1.165) is 0 Å². The molecule has 0 aliphatic carbocycles. The predicted octanol–water partition coefficient (Wildman–Crippen LogP) is 2.05. The average molecular weight is 295 g/mol. The van der Waals surface area contributed by atoms with Gasteiger partial charge in [-0.1, -0.05) is 11.6 Å². The van der Waals surface area contributed by atoms with E-state index in [9.17, 15) is 15.3 Å². The molecule has 1 aliphatic rings. The molecule has 0 atom stereocenters. The van der Waals surface area contributed by atoms with E-state index >= 15 is 0 Å². The van der Waals surface area contributed by atoms with E-state index in [2.05, 4.69) is 26.9 Å². The Hall–Kier alpha value is -1.09. The lowest BCUT2D eigenvalue weighted by atomic mass is 10.2. The second kappa shape index (κ2) is 3.49. The van der Waals surface area contributed by atoms with E-state index in [1.54, 1.807) is 0 Å². The van der Waals surface area contributed by atoms with Gasteiger partial charge in [0.25, 0.3) is 5.69 Å². The summed E-state index contributed by atoms with van der Waals surface area (Å²) in [7, 11) is 0. The Morgan fingerprint density at radius 2 is 2.33 bits per heavy atom. The molecule has 3 N–H and O–H groups in total. The molecule has 0 spiro atoms. The summed E-state index contributed by atoms with van der Waals surface area (Å²) in [4.78, 5) is 10.1. The number of nitro groups is 1. The molecule has 0 saturated carbocycles. The van der Waals surface area contributed by atoms with Gasteiger partial charge in [-0.05, 0) is 15.9 Å². The predicted molar refractivity (Wildman–Crippen MR) is 56.8 cm³/mol. The van der Waals surface area contributed by atoms with E-state index in [-0.39, 0.29) is 20.9 Å². The summed E-state index contributed by atoms with van der Waals surface area (Å²) in [6.07, 6.45) is 0. The fourth-order valence-electron chi connectivity index (χ4n) is 1.19. The molecule has 0 radical (unpaired) electrons. The van der Waals surface area contributed by atoms with Crippen molar-refractivity contribution in [3.8, 4) is 0 Å². The van der Waals surface area contributed by atoms with Crippen molar-refractivity contribution in [1.82, 2.24) is 5.53 Å². The molecule has 9 heteroatoms. The van der Waals surface area contributed by atoms with Crippen molar-refractivity contribution in [1.29, 1.82) is 0 Å². The first-order valence-electron chi connectivity index (χ1n) is 3.69. The highest BCUT2D eigenvalue weighted by Gasteiger charge is 2.28. The minimum absolute atomic E-state index is 0.128. The molecule has 15 heavy (non-hydrogen) atoms. The standard InChI is InChI=1S/C6H4BrClN4O3/c7-4-2(12(14)15)1-3-6(5(4)8)9-10-11(3)13/h1,9-10,13H. The van der Waals surface area contributed by atoms with Crippen LogP contribution in [0.1, 0.15) is 0 Å². The van der Waals surface area contributed by atoms with Crippen LogP contribution in [0.4, 0.5) is 17.1 Å². The molecule has 0 unspecified atom stereocenters. The quantitative estimate of drug-likeness (QED) is 0.542. The zero-order chi connectivity index (χ0) is 11.2. The molecule has 1 aromatic carbocycles.